The molecule has 1 amide bonds. The number of hydrogen-bond acceptors (Lipinski definition) is 4. The van der Waals surface area contributed by atoms with E-state index in [9.17, 15) is 4.79 Å². The van der Waals surface area contributed by atoms with Crippen LogP contribution in [0.5, 0.6) is 0 Å². The highest BCUT2D eigenvalue weighted by molar-refractivity contribution is 5.95. The van der Waals surface area contributed by atoms with Crippen LogP contribution in [0.3, 0.4) is 0 Å². The van der Waals surface area contributed by atoms with Gasteiger partial charge in [0.15, 0.2) is 5.82 Å². The molecule has 0 fully saturated rings. The van der Waals surface area contributed by atoms with Gasteiger partial charge in [-0.15, -0.1) is 0 Å². The van der Waals surface area contributed by atoms with Crippen molar-refractivity contribution in [3.05, 3.63) is 46.6 Å². The SMILES string of the molecule is Cc1ccc(C(=O)NCc2noc(C(C)C)n2)c(C)c1. The Balaban J connectivity index is 2.01. The van der Waals surface area contributed by atoms with Gasteiger partial charge in [-0.2, -0.15) is 4.98 Å². The van der Waals surface area contributed by atoms with Gasteiger partial charge in [-0.1, -0.05) is 36.7 Å². The molecule has 5 heteroatoms. The van der Waals surface area contributed by atoms with Crippen LogP contribution in [0.15, 0.2) is 22.7 Å². The summed E-state index contributed by atoms with van der Waals surface area (Å²) >= 11 is 0. The fourth-order valence-corrected chi connectivity index (χ4v) is 1.90. The van der Waals surface area contributed by atoms with Crippen molar-refractivity contribution in [1.82, 2.24) is 15.5 Å². The summed E-state index contributed by atoms with van der Waals surface area (Å²) in [7, 11) is 0. The lowest BCUT2D eigenvalue weighted by atomic mass is 10.1. The smallest absolute Gasteiger partial charge is 0.251 e. The molecular weight excluding hydrogens is 254 g/mol. The summed E-state index contributed by atoms with van der Waals surface area (Å²) in [5, 5.41) is 6.64. The summed E-state index contributed by atoms with van der Waals surface area (Å²) in [6.07, 6.45) is 0. The molecule has 0 radical (unpaired) electrons. The summed E-state index contributed by atoms with van der Waals surface area (Å²) in [4.78, 5) is 16.3. The number of hydrogen-bond donors (Lipinski definition) is 1. The Kier molecular flexibility index (Phi) is 4.17. The Bertz CT molecular complexity index is 617. The van der Waals surface area contributed by atoms with Gasteiger partial charge < -0.3 is 9.84 Å². The molecular formula is C15H19N3O2. The Morgan fingerprint density at radius 2 is 2.10 bits per heavy atom. The van der Waals surface area contributed by atoms with Crippen molar-refractivity contribution in [3.8, 4) is 0 Å². The molecule has 1 aromatic heterocycles. The molecule has 1 N–H and O–H groups in total. The normalized spacial score (nSPS) is 10.8. The van der Waals surface area contributed by atoms with Gasteiger partial charge in [-0.3, -0.25) is 4.79 Å². The molecule has 2 aromatic rings. The highest BCUT2D eigenvalue weighted by atomic mass is 16.5. The third-order valence-corrected chi connectivity index (χ3v) is 3.01. The molecule has 5 nitrogen and oxygen atoms in total. The predicted molar refractivity (Wildman–Crippen MR) is 75.5 cm³/mol. The average molecular weight is 273 g/mol. The van der Waals surface area contributed by atoms with E-state index in [4.69, 9.17) is 4.52 Å². The molecule has 0 bridgehead atoms. The highest BCUT2D eigenvalue weighted by Gasteiger charge is 2.12. The van der Waals surface area contributed by atoms with Crippen molar-refractivity contribution in [2.45, 2.75) is 40.2 Å². The molecule has 0 aliphatic carbocycles. The van der Waals surface area contributed by atoms with Crippen LogP contribution in [0.4, 0.5) is 0 Å². The minimum Gasteiger partial charge on any atom is -0.345 e. The third-order valence-electron chi connectivity index (χ3n) is 3.01. The van der Waals surface area contributed by atoms with Gasteiger partial charge >= 0.3 is 0 Å². The number of rotatable bonds is 4. The third kappa shape index (κ3) is 3.23. The molecule has 106 valence electrons. The van der Waals surface area contributed by atoms with Gasteiger partial charge in [0.1, 0.15) is 0 Å². The Labute approximate surface area is 118 Å². The molecule has 1 aromatic carbocycles. The Hall–Kier alpha value is -2.17. The van der Waals surface area contributed by atoms with Crippen LogP contribution in [0, 0.1) is 13.8 Å². The summed E-state index contributed by atoms with van der Waals surface area (Å²) in [5.41, 5.74) is 2.76. The maximum absolute atomic E-state index is 12.1. The van der Waals surface area contributed by atoms with Gasteiger partial charge in [0.25, 0.3) is 5.91 Å². The second-order valence-corrected chi connectivity index (χ2v) is 5.20. The van der Waals surface area contributed by atoms with Crippen molar-refractivity contribution in [2.75, 3.05) is 0 Å². The maximum atomic E-state index is 12.1. The van der Waals surface area contributed by atoms with Crippen LogP contribution >= 0.6 is 0 Å². The number of nitrogens with zero attached hydrogens (tertiary/aromatic N) is 2. The lowest BCUT2D eigenvalue weighted by molar-refractivity contribution is 0.0949. The van der Waals surface area contributed by atoms with Crippen LogP contribution < -0.4 is 5.32 Å². The second kappa shape index (κ2) is 5.86. The summed E-state index contributed by atoms with van der Waals surface area (Å²) in [6, 6.07) is 5.74. The highest BCUT2D eigenvalue weighted by Crippen LogP contribution is 2.12. The monoisotopic (exact) mass is 273 g/mol. The molecule has 20 heavy (non-hydrogen) atoms. The second-order valence-electron chi connectivity index (χ2n) is 5.20. The van der Waals surface area contributed by atoms with E-state index in [1.54, 1.807) is 0 Å². The first kappa shape index (κ1) is 14.2. The largest absolute Gasteiger partial charge is 0.345 e. The van der Waals surface area contributed by atoms with Crippen LogP contribution in [0.25, 0.3) is 0 Å². The molecule has 0 spiro atoms. The standard InChI is InChI=1S/C15H19N3O2/c1-9(2)15-17-13(18-20-15)8-16-14(19)12-6-5-10(3)7-11(12)4/h5-7,9H,8H2,1-4H3,(H,16,19). The zero-order chi connectivity index (χ0) is 14.7. The summed E-state index contributed by atoms with van der Waals surface area (Å²) < 4.78 is 5.09. The molecule has 2 rings (SSSR count). The van der Waals surface area contributed by atoms with E-state index in [1.165, 1.54) is 0 Å². The topological polar surface area (TPSA) is 68.0 Å². The average Bonchev–Trinajstić information content (AvgIpc) is 2.85. The van der Waals surface area contributed by atoms with Crippen molar-refractivity contribution >= 4 is 5.91 Å². The first-order chi connectivity index (χ1) is 9.47. The van der Waals surface area contributed by atoms with Crippen LogP contribution in [0.1, 0.15) is 53.0 Å². The van der Waals surface area contributed by atoms with Crippen molar-refractivity contribution in [2.24, 2.45) is 0 Å². The van der Waals surface area contributed by atoms with Crippen LogP contribution in [0.2, 0.25) is 0 Å². The van der Waals surface area contributed by atoms with Gasteiger partial charge in [0, 0.05) is 11.5 Å². The van der Waals surface area contributed by atoms with Gasteiger partial charge in [0.2, 0.25) is 5.89 Å². The zero-order valence-corrected chi connectivity index (χ0v) is 12.2. The van der Waals surface area contributed by atoms with Crippen LogP contribution in [-0.4, -0.2) is 16.0 Å². The first-order valence-corrected chi connectivity index (χ1v) is 6.65. The molecule has 1 heterocycles. The number of amides is 1. The number of nitrogens with one attached hydrogen (secondary N) is 1. The van der Waals surface area contributed by atoms with Crippen LogP contribution in [-0.2, 0) is 6.54 Å². The van der Waals surface area contributed by atoms with E-state index in [1.807, 2.05) is 45.9 Å². The molecule has 0 aliphatic heterocycles. The number of carbonyl (C=O) groups is 1. The fourth-order valence-electron chi connectivity index (χ4n) is 1.90. The molecule has 0 saturated carbocycles. The number of benzene rings is 1. The van der Waals surface area contributed by atoms with Crippen molar-refractivity contribution in [3.63, 3.8) is 0 Å². The Morgan fingerprint density at radius 1 is 1.35 bits per heavy atom. The first-order valence-electron chi connectivity index (χ1n) is 6.65. The molecule has 0 unspecified atom stereocenters. The number of aryl methyl sites for hydroxylation is 2. The predicted octanol–water partition coefficient (Wildman–Crippen LogP) is 2.74. The van der Waals surface area contributed by atoms with E-state index in [0.717, 1.165) is 11.1 Å². The number of carbonyl (C=O) groups excluding carboxylic acids is 1. The molecule has 0 saturated heterocycles. The van der Waals surface area contributed by atoms with E-state index in [0.29, 0.717) is 17.3 Å². The Morgan fingerprint density at radius 3 is 2.70 bits per heavy atom. The zero-order valence-electron chi connectivity index (χ0n) is 12.2. The minimum absolute atomic E-state index is 0.126. The lowest BCUT2D eigenvalue weighted by Crippen LogP contribution is -2.24. The van der Waals surface area contributed by atoms with E-state index < -0.39 is 0 Å². The molecule has 0 atom stereocenters. The van der Waals surface area contributed by atoms with Gasteiger partial charge in [0.05, 0.1) is 6.54 Å². The lowest BCUT2D eigenvalue weighted by Gasteiger charge is -2.06. The quantitative estimate of drug-likeness (QED) is 0.930. The van der Waals surface area contributed by atoms with Gasteiger partial charge in [-0.05, 0) is 25.5 Å². The van der Waals surface area contributed by atoms with Crippen molar-refractivity contribution in [1.29, 1.82) is 0 Å². The molecule has 0 aliphatic rings. The number of aromatic nitrogens is 2. The minimum atomic E-state index is -0.126. The summed E-state index contributed by atoms with van der Waals surface area (Å²) in [5.74, 6) is 1.14. The van der Waals surface area contributed by atoms with Gasteiger partial charge in [-0.25, -0.2) is 0 Å². The maximum Gasteiger partial charge on any atom is 0.251 e. The van der Waals surface area contributed by atoms with E-state index >= 15 is 0 Å². The van der Waals surface area contributed by atoms with E-state index in [2.05, 4.69) is 15.5 Å². The van der Waals surface area contributed by atoms with E-state index in [-0.39, 0.29) is 18.4 Å². The van der Waals surface area contributed by atoms with Crippen molar-refractivity contribution < 1.29 is 9.32 Å². The summed E-state index contributed by atoms with van der Waals surface area (Å²) in [6.45, 7) is 8.15. The fraction of sp³-hybridized carbons (Fsp3) is 0.400.